The standard InChI is InChI=1S/C44H27NS/c1-2-13-35-30(8-1)22-24-38-36-14-3-4-16-40(36)45(44(35)38)34-12-5-11-32(26-34)28-18-20-29(21-19-28)33-23-25-41-39(27-33)37-15-6-9-31-10-7-17-42(46-41)43(31)37/h1-27H. The summed E-state index contributed by atoms with van der Waals surface area (Å²) in [5, 5.41) is 7.76. The highest BCUT2D eigenvalue weighted by Gasteiger charge is 2.20. The molecular formula is C44H27NS. The summed E-state index contributed by atoms with van der Waals surface area (Å²) in [6.07, 6.45) is 0. The van der Waals surface area contributed by atoms with Crippen molar-refractivity contribution in [3.05, 3.63) is 164 Å². The summed E-state index contributed by atoms with van der Waals surface area (Å²) >= 11 is 1.88. The summed E-state index contributed by atoms with van der Waals surface area (Å²) in [7, 11) is 0. The Morgan fingerprint density at radius 2 is 1.09 bits per heavy atom. The molecule has 10 rings (SSSR count). The Morgan fingerprint density at radius 1 is 0.391 bits per heavy atom. The summed E-state index contributed by atoms with van der Waals surface area (Å²) in [5.41, 5.74) is 11.2. The van der Waals surface area contributed by atoms with E-state index < -0.39 is 0 Å². The second-order valence-corrected chi connectivity index (χ2v) is 13.2. The first-order valence-electron chi connectivity index (χ1n) is 15.8. The van der Waals surface area contributed by atoms with Crippen molar-refractivity contribution in [3.63, 3.8) is 0 Å². The highest BCUT2D eigenvalue weighted by molar-refractivity contribution is 7.99. The Balaban J connectivity index is 1.06. The van der Waals surface area contributed by atoms with E-state index in [1.807, 2.05) is 11.8 Å². The minimum Gasteiger partial charge on any atom is -0.309 e. The number of hydrogen-bond acceptors (Lipinski definition) is 1. The van der Waals surface area contributed by atoms with Crippen molar-refractivity contribution >= 4 is 55.1 Å². The predicted octanol–water partition coefficient (Wildman–Crippen LogP) is 12.6. The van der Waals surface area contributed by atoms with Crippen molar-refractivity contribution in [1.29, 1.82) is 0 Å². The average Bonchev–Trinajstić information content (AvgIpc) is 3.47. The lowest BCUT2D eigenvalue weighted by Gasteiger charge is -2.21. The molecule has 0 saturated heterocycles. The van der Waals surface area contributed by atoms with Crippen LogP contribution in [0.15, 0.2) is 174 Å². The SMILES string of the molecule is c1cc(-c2ccc(-c3ccc4c(c3)-c3cccc5cccc(c35)S4)cc2)cc(-n2c3ccccc3c3ccc4ccccc4c32)c1. The highest BCUT2D eigenvalue weighted by atomic mass is 32.2. The van der Waals surface area contributed by atoms with E-state index in [0.29, 0.717) is 0 Å². The van der Waals surface area contributed by atoms with Gasteiger partial charge in [0.05, 0.1) is 11.0 Å². The van der Waals surface area contributed by atoms with Gasteiger partial charge in [0.2, 0.25) is 0 Å². The number of nitrogens with zero attached hydrogens (tertiary/aromatic N) is 1. The molecule has 214 valence electrons. The van der Waals surface area contributed by atoms with Crippen molar-refractivity contribution < 1.29 is 0 Å². The molecule has 1 aliphatic heterocycles. The van der Waals surface area contributed by atoms with E-state index in [4.69, 9.17) is 0 Å². The highest BCUT2D eigenvalue weighted by Crippen LogP contribution is 2.48. The van der Waals surface area contributed by atoms with Crippen LogP contribution >= 0.6 is 11.8 Å². The Bertz CT molecular complexity index is 2660. The fourth-order valence-electron chi connectivity index (χ4n) is 7.42. The molecule has 2 heteroatoms. The van der Waals surface area contributed by atoms with Crippen LogP contribution in [0.25, 0.3) is 82.4 Å². The molecule has 2 heterocycles. The maximum Gasteiger partial charge on any atom is 0.0619 e. The van der Waals surface area contributed by atoms with Gasteiger partial charge in [-0.1, -0.05) is 139 Å². The van der Waals surface area contributed by atoms with Gasteiger partial charge in [-0.2, -0.15) is 0 Å². The average molecular weight is 602 g/mol. The van der Waals surface area contributed by atoms with Crippen LogP contribution in [-0.4, -0.2) is 4.57 Å². The molecule has 0 unspecified atom stereocenters. The fraction of sp³-hybridized carbons (Fsp3) is 0. The molecule has 0 spiro atoms. The van der Waals surface area contributed by atoms with E-state index in [2.05, 4.69) is 168 Å². The number of benzene rings is 8. The topological polar surface area (TPSA) is 4.93 Å². The van der Waals surface area contributed by atoms with E-state index in [9.17, 15) is 0 Å². The molecule has 0 fully saturated rings. The molecule has 9 aromatic rings. The molecule has 1 aromatic heterocycles. The van der Waals surface area contributed by atoms with E-state index in [1.165, 1.54) is 92.2 Å². The fourth-order valence-corrected chi connectivity index (χ4v) is 8.55. The van der Waals surface area contributed by atoms with Gasteiger partial charge in [0, 0.05) is 37.0 Å². The molecule has 0 aliphatic carbocycles. The zero-order valence-electron chi connectivity index (χ0n) is 24.9. The summed E-state index contributed by atoms with van der Waals surface area (Å²) in [5.74, 6) is 0. The van der Waals surface area contributed by atoms with Crippen LogP contribution in [0.5, 0.6) is 0 Å². The first-order valence-corrected chi connectivity index (χ1v) is 16.6. The number of para-hydroxylation sites is 1. The van der Waals surface area contributed by atoms with Gasteiger partial charge in [0.15, 0.2) is 0 Å². The number of rotatable bonds is 3. The predicted molar refractivity (Wildman–Crippen MR) is 196 cm³/mol. The third-order valence-corrected chi connectivity index (χ3v) is 10.7. The Labute approximate surface area is 271 Å². The molecule has 0 amide bonds. The monoisotopic (exact) mass is 601 g/mol. The Morgan fingerprint density at radius 3 is 1.96 bits per heavy atom. The molecule has 0 atom stereocenters. The van der Waals surface area contributed by atoms with Gasteiger partial charge in [-0.25, -0.2) is 0 Å². The lowest BCUT2D eigenvalue weighted by atomic mass is 9.94. The van der Waals surface area contributed by atoms with Crippen LogP contribution < -0.4 is 0 Å². The van der Waals surface area contributed by atoms with E-state index in [1.54, 1.807) is 0 Å². The molecule has 0 radical (unpaired) electrons. The van der Waals surface area contributed by atoms with E-state index >= 15 is 0 Å². The quantitative estimate of drug-likeness (QED) is 0.195. The summed E-state index contributed by atoms with van der Waals surface area (Å²) < 4.78 is 2.44. The van der Waals surface area contributed by atoms with Crippen LogP contribution in [0.1, 0.15) is 0 Å². The van der Waals surface area contributed by atoms with Crippen molar-refractivity contribution in [2.24, 2.45) is 0 Å². The van der Waals surface area contributed by atoms with Gasteiger partial charge in [-0.15, -0.1) is 0 Å². The summed E-state index contributed by atoms with van der Waals surface area (Å²) in [6, 6.07) is 60.2. The van der Waals surface area contributed by atoms with Crippen molar-refractivity contribution in [1.82, 2.24) is 4.57 Å². The molecule has 1 nitrogen and oxygen atoms in total. The van der Waals surface area contributed by atoms with Crippen LogP contribution in [-0.2, 0) is 0 Å². The number of fused-ring (bicyclic) bond motifs is 7. The minimum atomic E-state index is 1.17. The molecule has 1 aliphatic rings. The lowest BCUT2D eigenvalue weighted by Crippen LogP contribution is -1.95. The molecular weight excluding hydrogens is 575 g/mol. The molecule has 46 heavy (non-hydrogen) atoms. The molecule has 0 N–H and O–H groups in total. The first kappa shape index (κ1) is 25.7. The zero-order valence-corrected chi connectivity index (χ0v) is 25.8. The zero-order chi connectivity index (χ0) is 30.2. The normalized spacial score (nSPS) is 12.3. The van der Waals surface area contributed by atoms with Crippen LogP contribution in [0.4, 0.5) is 0 Å². The van der Waals surface area contributed by atoms with Crippen LogP contribution in [0, 0.1) is 0 Å². The third-order valence-electron chi connectivity index (χ3n) is 9.57. The van der Waals surface area contributed by atoms with Crippen LogP contribution in [0.2, 0.25) is 0 Å². The van der Waals surface area contributed by atoms with Crippen LogP contribution in [0.3, 0.4) is 0 Å². The molecule has 0 bridgehead atoms. The lowest BCUT2D eigenvalue weighted by molar-refractivity contribution is 1.19. The van der Waals surface area contributed by atoms with E-state index in [0.717, 1.165) is 0 Å². The minimum absolute atomic E-state index is 1.17. The third kappa shape index (κ3) is 3.84. The molecule has 8 aromatic carbocycles. The van der Waals surface area contributed by atoms with Gasteiger partial charge in [-0.3, -0.25) is 0 Å². The van der Waals surface area contributed by atoms with Crippen molar-refractivity contribution in [2.75, 3.05) is 0 Å². The second kappa shape index (κ2) is 9.97. The van der Waals surface area contributed by atoms with Gasteiger partial charge < -0.3 is 4.57 Å². The number of hydrogen-bond donors (Lipinski definition) is 0. The van der Waals surface area contributed by atoms with Gasteiger partial charge in [0.1, 0.15) is 0 Å². The van der Waals surface area contributed by atoms with Crippen molar-refractivity contribution in [3.8, 4) is 39.1 Å². The number of aromatic nitrogens is 1. The summed E-state index contributed by atoms with van der Waals surface area (Å²) in [4.78, 5) is 2.66. The largest absolute Gasteiger partial charge is 0.309 e. The maximum atomic E-state index is 2.44. The maximum absolute atomic E-state index is 2.44. The van der Waals surface area contributed by atoms with Gasteiger partial charge in [-0.05, 0) is 80.6 Å². The van der Waals surface area contributed by atoms with Gasteiger partial charge in [0.25, 0.3) is 0 Å². The smallest absolute Gasteiger partial charge is 0.0619 e. The Hall–Kier alpha value is -5.57. The second-order valence-electron chi connectivity index (χ2n) is 12.1. The summed E-state index contributed by atoms with van der Waals surface area (Å²) in [6.45, 7) is 0. The first-order chi connectivity index (χ1) is 22.8. The van der Waals surface area contributed by atoms with Gasteiger partial charge >= 0.3 is 0 Å². The van der Waals surface area contributed by atoms with Crippen molar-refractivity contribution in [2.45, 2.75) is 9.79 Å². The van der Waals surface area contributed by atoms with E-state index in [-0.39, 0.29) is 0 Å². The molecule has 0 saturated carbocycles. The Kier molecular flexibility index (Phi) is 5.58.